The Labute approximate surface area is 101 Å². The van der Waals surface area contributed by atoms with Crippen LogP contribution >= 0.6 is 0 Å². The van der Waals surface area contributed by atoms with Crippen molar-refractivity contribution in [1.29, 1.82) is 0 Å². The number of ether oxygens (including phenoxy) is 1. The van der Waals surface area contributed by atoms with Gasteiger partial charge in [-0.15, -0.1) is 0 Å². The lowest BCUT2D eigenvalue weighted by molar-refractivity contribution is 0.138. The fraction of sp³-hybridized carbons (Fsp3) is 0.538. The maximum Gasteiger partial charge on any atom is 0.126 e. The van der Waals surface area contributed by atoms with Gasteiger partial charge in [-0.2, -0.15) is 0 Å². The van der Waals surface area contributed by atoms with Crippen molar-refractivity contribution in [2.75, 3.05) is 26.3 Å². The van der Waals surface area contributed by atoms with Crippen LogP contribution in [0.15, 0.2) is 12.1 Å². The topological polar surface area (TPSA) is 21.3 Å². The third-order valence-electron chi connectivity index (χ3n) is 2.52. The van der Waals surface area contributed by atoms with E-state index in [2.05, 4.69) is 5.32 Å². The highest BCUT2D eigenvalue weighted by Crippen LogP contribution is 2.14. The molecule has 0 aliphatic carbocycles. The van der Waals surface area contributed by atoms with E-state index in [-0.39, 0.29) is 11.6 Å². The van der Waals surface area contributed by atoms with Crippen molar-refractivity contribution in [2.24, 2.45) is 0 Å². The molecule has 1 N–H and O–H groups in total. The SMILES string of the molecule is CCNCCOCCc1cc(F)c(C)cc1F. The molecule has 0 atom stereocenters. The maximum atomic E-state index is 13.4. The Morgan fingerprint density at radius 3 is 2.65 bits per heavy atom. The summed E-state index contributed by atoms with van der Waals surface area (Å²) in [6, 6.07) is 2.47. The Hall–Kier alpha value is -1.00. The van der Waals surface area contributed by atoms with Gasteiger partial charge in [-0.1, -0.05) is 6.92 Å². The third-order valence-corrected chi connectivity index (χ3v) is 2.52. The van der Waals surface area contributed by atoms with Crippen LogP contribution in [-0.2, 0) is 11.2 Å². The minimum absolute atomic E-state index is 0.333. The molecule has 96 valence electrons. The van der Waals surface area contributed by atoms with Gasteiger partial charge in [0.2, 0.25) is 0 Å². The molecule has 0 saturated heterocycles. The van der Waals surface area contributed by atoms with Gasteiger partial charge >= 0.3 is 0 Å². The largest absolute Gasteiger partial charge is 0.380 e. The zero-order chi connectivity index (χ0) is 12.7. The Kier molecular flexibility index (Phi) is 6.08. The second kappa shape index (κ2) is 7.35. The van der Waals surface area contributed by atoms with E-state index in [1.165, 1.54) is 12.1 Å². The second-order valence-electron chi connectivity index (χ2n) is 3.91. The summed E-state index contributed by atoms with van der Waals surface area (Å²) in [6.45, 7) is 6.25. The molecule has 0 aromatic heterocycles. The van der Waals surface area contributed by atoms with Crippen molar-refractivity contribution < 1.29 is 13.5 Å². The number of rotatable bonds is 7. The Morgan fingerprint density at radius 2 is 1.94 bits per heavy atom. The first kappa shape index (κ1) is 14.1. The minimum Gasteiger partial charge on any atom is -0.380 e. The fourth-order valence-corrected chi connectivity index (χ4v) is 1.48. The molecule has 1 rings (SSSR count). The molecular formula is C13H19F2NO. The number of hydrogen-bond acceptors (Lipinski definition) is 2. The highest BCUT2D eigenvalue weighted by atomic mass is 19.1. The molecule has 0 amide bonds. The van der Waals surface area contributed by atoms with Crippen molar-refractivity contribution in [3.05, 3.63) is 34.9 Å². The van der Waals surface area contributed by atoms with Gasteiger partial charge < -0.3 is 10.1 Å². The summed E-state index contributed by atoms with van der Waals surface area (Å²) in [4.78, 5) is 0. The van der Waals surface area contributed by atoms with Crippen molar-refractivity contribution in [1.82, 2.24) is 5.32 Å². The number of aryl methyl sites for hydroxylation is 1. The summed E-state index contributed by atoms with van der Waals surface area (Å²) in [5.74, 6) is -0.728. The van der Waals surface area contributed by atoms with Crippen LogP contribution < -0.4 is 5.32 Å². The summed E-state index contributed by atoms with van der Waals surface area (Å²) in [5.41, 5.74) is 0.705. The highest BCUT2D eigenvalue weighted by molar-refractivity contribution is 5.25. The van der Waals surface area contributed by atoms with Gasteiger partial charge in [-0.25, -0.2) is 8.78 Å². The maximum absolute atomic E-state index is 13.4. The molecule has 2 nitrogen and oxygen atoms in total. The highest BCUT2D eigenvalue weighted by Gasteiger charge is 2.06. The minimum atomic E-state index is -0.367. The van der Waals surface area contributed by atoms with E-state index in [0.717, 1.165) is 13.1 Å². The summed E-state index contributed by atoms with van der Waals surface area (Å²) < 4.78 is 32.0. The average molecular weight is 243 g/mol. The quantitative estimate of drug-likeness (QED) is 0.743. The normalized spacial score (nSPS) is 10.8. The smallest absolute Gasteiger partial charge is 0.126 e. The summed E-state index contributed by atoms with van der Waals surface area (Å²) in [5, 5.41) is 3.12. The molecular weight excluding hydrogens is 224 g/mol. The van der Waals surface area contributed by atoms with E-state index < -0.39 is 0 Å². The van der Waals surface area contributed by atoms with E-state index >= 15 is 0 Å². The van der Waals surface area contributed by atoms with Crippen LogP contribution in [0.2, 0.25) is 0 Å². The molecule has 0 bridgehead atoms. The number of likely N-dealkylation sites (N-methyl/N-ethyl adjacent to an activating group) is 1. The lowest BCUT2D eigenvalue weighted by Crippen LogP contribution is -2.19. The first-order chi connectivity index (χ1) is 8.15. The number of halogens is 2. The van der Waals surface area contributed by atoms with Crippen LogP contribution in [0.5, 0.6) is 0 Å². The Balaban J connectivity index is 2.34. The van der Waals surface area contributed by atoms with Gasteiger partial charge in [-0.05, 0) is 43.1 Å². The first-order valence-corrected chi connectivity index (χ1v) is 5.88. The van der Waals surface area contributed by atoms with Crippen molar-refractivity contribution in [2.45, 2.75) is 20.3 Å². The van der Waals surface area contributed by atoms with Gasteiger partial charge in [0.05, 0.1) is 13.2 Å². The van der Waals surface area contributed by atoms with Crippen LogP contribution in [0.25, 0.3) is 0 Å². The molecule has 1 aromatic carbocycles. The first-order valence-electron chi connectivity index (χ1n) is 5.88. The van der Waals surface area contributed by atoms with Gasteiger partial charge in [0, 0.05) is 6.54 Å². The molecule has 17 heavy (non-hydrogen) atoms. The molecule has 4 heteroatoms. The second-order valence-corrected chi connectivity index (χ2v) is 3.91. The molecule has 0 fully saturated rings. The predicted molar refractivity (Wildman–Crippen MR) is 64.2 cm³/mol. The summed E-state index contributed by atoms with van der Waals surface area (Å²) >= 11 is 0. The molecule has 0 saturated carbocycles. The summed E-state index contributed by atoms with van der Waals surface area (Å²) in [6.07, 6.45) is 0.398. The van der Waals surface area contributed by atoms with Gasteiger partial charge in [0.1, 0.15) is 11.6 Å². The molecule has 0 aliphatic rings. The Bertz CT molecular complexity index is 356. The molecule has 0 radical (unpaired) electrons. The van der Waals surface area contributed by atoms with E-state index in [0.29, 0.717) is 30.8 Å². The van der Waals surface area contributed by atoms with Crippen LogP contribution in [-0.4, -0.2) is 26.3 Å². The molecule has 1 aromatic rings. The van der Waals surface area contributed by atoms with Gasteiger partial charge in [0.25, 0.3) is 0 Å². The van der Waals surface area contributed by atoms with Crippen LogP contribution in [0.4, 0.5) is 8.78 Å². The van der Waals surface area contributed by atoms with Crippen molar-refractivity contribution >= 4 is 0 Å². The number of nitrogens with one attached hydrogen (secondary N) is 1. The third kappa shape index (κ3) is 4.79. The standard InChI is InChI=1S/C13H19F2NO/c1-3-16-5-7-17-6-4-11-9-12(14)10(2)8-13(11)15/h8-9,16H,3-7H2,1-2H3. The lowest BCUT2D eigenvalue weighted by Gasteiger charge is -2.07. The van der Waals surface area contributed by atoms with Crippen LogP contribution in [0.3, 0.4) is 0 Å². The molecule has 0 aliphatic heterocycles. The van der Waals surface area contributed by atoms with Crippen LogP contribution in [0, 0.1) is 18.6 Å². The van der Waals surface area contributed by atoms with E-state index in [9.17, 15) is 8.78 Å². The predicted octanol–water partition coefficient (Wildman–Crippen LogP) is 2.44. The summed E-state index contributed by atoms with van der Waals surface area (Å²) in [7, 11) is 0. The average Bonchev–Trinajstić information content (AvgIpc) is 2.30. The zero-order valence-corrected chi connectivity index (χ0v) is 10.4. The van der Waals surface area contributed by atoms with Gasteiger partial charge in [0.15, 0.2) is 0 Å². The molecule has 0 spiro atoms. The number of benzene rings is 1. The monoisotopic (exact) mass is 243 g/mol. The fourth-order valence-electron chi connectivity index (χ4n) is 1.48. The van der Waals surface area contributed by atoms with E-state index in [1.807, 2.05) is 6.92 Å². The van der Waals surface area contributed by atoms with E-state index in [4.69, 9.17) is 4.74 Å². The lowest BCUT2D eigenvalue weighted by atomic mass is 10.1. The number of hydrogen-bond donors (Lipinski definition) is 1. The molecule has 0 heterocycles. The zero-order valence-electron chi connectivity index (χ0n) is 10.4. The van der Waals surface area contributed by atoms with Crippen LogP contribution in [0.1, 0.15) is 18.1 Å². The Morgan fingerprint density at radius 1 is 1.18 bits per heavy atom. The molecule has 0 unspecified atom stereocenters. The van der Waals surface area contributed by atoms with E-state index in [1.54, 1.807) is 6.92 Å². The van der Waals surface area contributed by atoms with Crippen molar-refractivity contribution in [3.63, 3.8) is 0 Å². The van der Waals surface area contributed by atoms with Crippen molar-refractivity contribution in [3.8, 4) is 0 Å². The van der Waals surface area contributed by atoms with Gasteiger partial charge in [-0.3, -0.25) is 0 Å².